The van der Waals surface area contributed by atoms with E-state index in [0.717, 1.165) is 23.3 Å². The van der Waals surface area contributed by atoms with Crippen molar-refractivity contribution in [1.82, 2.24) is 19.8 Å². The zero-order chi connectivity index (χ0) is 19.5. The average Bonchev–Trinajstić information content (AvgIpc) is 3.13. The molecular weight excluding hydrogens is 398 g/mol. The predicted octanol–water partition coefficient (Wildman–Crippen LogP) is 2.84. The van der Waals surface area contributed by atoms with Gasteiger partial charge in [-0.3, -0.25) is 9.69 Å². The van der Waals surface area contributed by atoms with Gasteiger partial charge >= 0.3 is 0 Å². The number of para-hydroxylation sites is 1. The average molecular weight is 418 g/mol. The minimum atomic E-state index is -0.0570. The molecule has 0 aliphatic carbocycles. The first-order chi connectivity index (χ1) is 13.7. The smallest absolute Gasteiger partial charge is 0.257 e. The van der Waals surface area contributed by atoms with Gasteiger partial charge in [0, 0.05) is 38.9 Å². The Morgan fingerprint density at radius 2 is 2.04 bits per heavy atom. The lowest BCUT2D eigenvalue weighted by atomic mass is 10.2. The van der Waals surface area contributed by atoms with E-state index in [0.29, 0.717) is 41.2 Å². The fourth-order valence-electron chi connectivity index (χ4n) is 3.23. The summed E-state index contributed by atoms with van der Waals surface area (Å²) < 4.78 is 0.971. The van der Waals surface area contributed by atoms with Crippen LogP contribution in [0.3, 0.4) is 0 Å². The number of hydrogen-bond acceptors (Lipinski definition) is 7. The molecule has 1 aliphatic heterocycles. The summed E-state index contributed by atoms with van der Waals surface area (Å²) in [5, 5.41) is 13.5. The number of amides is 1. The molecule has 1 saturated heterocycles. The number of nitrogens with one attached hydrogen (secondary N) is 1. The molecule has 3 heterocycles. The maximum atomic E-state index is 13.0. The summed E-state index contributed by atoms with van der Waals surface area (Å²) in [6, 6.07) is 9.19. The number of thiazole rings is 1. The van der Waals surface area contributed by atoms with E-state index >= 15 is 0 Å². The first-order valence-electron chi connectivity index (χ1n) is 9.05. The van der Waals surface area contributed by atoms with Crippen molar-refractivity contribution in [2.24, 2.45) is 0 Å². The molecule has 1 fully saturated rings. The summed E-state index contributed by atoms with van der Waals surface area (Å²) in [4.78, 5) is 25.9. The molecular formula is C19H20ClN5O2S. The van der Waals surface area contributed by atoms with E-state index in [2.05, 4.69) is 20.2 Å². The second kappa shape index (κ2) is 8.40. The van der Waals surface area contributed by atoms with E-state index in [4.69, 9.17) is 16.7 Å². The van der Waals surface area contributed by atoms with Gasteiger partial charge in [0.2, 0.25) is 0 Å². The summed E-state index contributed by atoms with van der Waals surface area (Å²) in [6.45, 7) is 3.55. The number of piperazine rings is 1. The molecule has 0 bridgehead atoms. The second-order valence-corrected chi connectivity index (χ2v) is 7.93. The van der Waals surface area contributed by atoms with Crippen molar-refractivity contribution in [3.05, 3.63) is 47.1 Å². The minimum Gasteiger partial charge on any atom is -0.395 e. The standard InChI is InChI=1S/C19H20ClN5O2S/c20-14-4-1-5-15-16(14)22-19(28-15)23-17-13(3-2-6-21-17)18(27)25-9-7-24(8-10-25)11-12-26/h1-6,26H,7-12H2,(H,21,22,23). The Morgan fingerprint density at radius 1 is 1.21 bits per heavy atom. The van der Waals surface area contributed by atoms with Crippen LogP contribution in [-0.4, -0.2) is 70.1 Å². The highest BCUT2D eigenvalue weighted by Crippen LogP contribution is 2.32. The number of β-amino-alcohol motifs (C(OH)–C–C–N with tert-alkyl or cyclic N) is 1. The number of benzene rings is 1. The highest BCUT2D eigenvalue weighted by atomic mass is 35.5. The van der Waals surface area contributed by atoms with Gasteiger partial charge < -0.3 is 15.3 Å². The van der Waals surface area contributed by atoms with Gasteiger partial charge in [0.05, 0.1) is 21.9 Å². The molecule has 1 aliphatic rings. The van der Waals surface area contributed by atoms with Crippen LogP contribution in [0.5, 0.6) is 0 Å². The lowest BCUT2D eigenvalue weighted by molar-refractivity contribution is 0.0615. The molecule has 0 spiro atoms. The zero-order valence-electron chi connectivity index (χ0n) is 15.1. The van der Waals surface area contributed by atoms with Crippen molar-refractivity contribution < 1.29 is 9.90 Å². The summed E-state index contributed by atoms with van der Waals surface area (Å²) in [7, 11) is 0. The molecule has 7 nitrogen and oxygen atoms in total. The molecule has 1 aromatic carbocycles. The molecule has 3 aromatic rings. The van der Waals surface area contributed by atoms with Crippen LogP contribution in [-0.2, 0) is 0 Å². The highest BCUT2D eigenvalue weighted by Gasteiger charge is 2.24. The first kappa shape index (κ1) is 19.1. The quantitative estimate of drug-likeness (QED) is 0.664. The summed E-state index contributed by atoms with van der Waals surface area (Å²) in [5.74, 6) is 0.429. The van der Waals surface area contributed by atoms with E-state index in [1.165, 1.54) is 11.3 Å². The van der Waals surface area contributed by atoms with Gasteiger partial charge in [-0.1, -0.05) is 29.0 Å². The first-order valence-corrected chi connectivity index (χ1v) is 10.2. The van der Waals surface area contributed by atoms with Crippen molar-refractivity contribution in [3.63, 3.8) is 0 Å². The number of anilines is 2. The van der Waals surface area contributed by atoms with Crippen LogP contribution in [0.2, 0.25) is 5.02 Å². The third kappa shape index (κ3) is 3.95. The van der Waals surface area contributed by atoms with Gasteiger partial charge in [0.15, 0.2) is 5.13 Å². The van der Waals surface area contributed by atoms with Gasteiger partial charge in [0.25, 0.3) is 5.91 Å². The molecule has 0 radical (unpaired) electrons. The van der Waals surface area contributed by atoms with Gasteiger partial charge in [-0.25, -0.2) is 9.97 Å². The van der Waals surface area contributed by atoms with Crippen LogP contribution < -0.4 is 5.32 Å². The van der Waals surface area contributed by atoms with Gasteiger partial charge in [-0.15, -0.1) is 0 Å². The van der Waals surface area contributed by atoms with Crippen molar-refractivity contribution in [2.75, 3.05) is 44.6 Å². The minimum absolute atomic E-state index is 0.0570. The number of aliphatic hydroxyl groups excluding tert-OH is 1. The number of fused-ring (bicyclic) bond motifs is 1. The summed E-state index contributed by atoms with van der Waals surface area (Å²) in [6.07, 6.45) is 1.65. The Hall–Kier alpha value is -2.26. The van der Waals surface area contributed by atoms with E-state index in [1.807, 2.05) is 17.0 Å². The molecule has 146 valence electrons. The van der Waals surface area contributed by atoms with Crippen molar-refractivity contribution in [3.8, 4) is 0 Å². The highest BCUT2D eigenvalue weighted by molar-refractivity contribution is 7.22. The number of aromatic nitrogens is 2. The lowest BCUT2D eigenvalue weighted by Gasteiger charge is -2.34. The Labute approximate surface area is 171 Å². The van der Waals surface area contributed by atoms with Crippen LogP contribution in [0.4, 0.5) is 10.9 Å². The monoisotopic (exact) mass is 417 g/mol. The van der Waals surface area contributed by atoms with E-state index in [1.54, 1.807) is 24.4 Å². The molecule has 4 rings (SSSR count). The fourth-order valence-corrected chi connectivity index (χ4v) is 4.40. The maximum Gasteiger partial charge on any atom is 0.257 e. The Morgan fingerprint density at radius 3 is 2.79 bits per heavy atom. The SMILES string of the molecule is O=C(c1cccnc1Nc1nc2c(Cl)cccc2s1)N1CCN(CCO)CC1. The van der Waals surface area contributed by atoms with Crippen LogP contribution in [0.25, 0.3) is 10.2 Å². The van der Waals surface area contributed by atoms with Crippen LogP contribution in [0.1, 0.15) is 10.4 Å². The van der Waals surface area contributed by atoms with E-state index in [9.17, 15) is 4.79 Å². The molecule has 28 heavy (non-hydrogen) atoms. The van der Waals surface area contributed by atoms with Crippen molar-refractivity contribution >= 4 is 50.0 Å². The Balaban J connectivity index is 1.53. The molecule has 2 aromatic heterocycles. The number of nitrogens with zero attached hydrogens (tertiary/aromatic N) is 4. The summed E-state index contributed by atoms with van der Waals surface area (Å²) in [5.41, 5.74) is 1.25. The number of hydrogen-bond donors (Lipinski definition) is 2. The lowest BCUT2D eigenvalue weighted by Crippen LogP contribution is -2.49. The van der Waals surface area contributed by atoms with Crippen molar-refractivity contribution in [1.29, 1.82) is 0 Å². The van der Waals surface area contributed by atoms with Crippen LogP contribution >= 0.6 is 22.9 Å². The van der Waals surface area contributed by atoms with Gasteiger partial charge in [0.1, 0.15) is 11.3 Å². The fraction of sp³-hybridized carbons (Fsp3) is 0.316. The normalized spacial score (nSPS) is 15.1. The largest absolute Gasteiger partial charge is 0.395 e. The Bertz CT molecular complexity index is 987. The third-order valence-electron chi connectivity index (χ3n) is 4.71. The number of carbonyl (C=O) groups is 1. The number of rotatable bonds is 5. The van der Waals surface area contributed by atoms with E-state index < -0.39 is 0 Å². The number of halogens is 1. The molecule has 2 N–H and O–H groups in total. The summed E-state index contributed by atoms with van der Waals surface area (Å²) >= 11 is 7.68. The number of aliphatic hydroxyl groups is 1. The van der Waals surface area contributed by atoms with Gasteiger partial charge in [-0.2, -0.15) is 0 Å². The second-order valence-electron chi connectivity index (χ2n) is 6.49. The van der Waals surface area contributed by atoms with Crippen molar-refractivity contribution in [2.45, 2.75) is 0 Å². The molecule has 1 amide bonds. The topological polar surface area (TPSA) is 81.6 Å². The molecule has 0 atom stereocenters. The zero-order valence-corrected chi connectivity index (χ0v) is 16.7. The van der Waals surface area contributed by atoms with Crippen LogP contribution in [0.15, 0.2) is 36.5 Å². The molecule has 0 unspecified atom stereocenters. The number of pyridine rings is 1. The maximum absolute atomic E-state index is 13.0. The number of carbonyl (C=O) groups excluding carboxylic acids is 1. The Kier molecular flexibility index (Phi) is 5.72. The third-order valence-corrected chi connectivity index (χ3v) is 5.95. The molecule has 0 saturated carbocycles. The predicted molar refractivity (Wildman–Crippen MR) is 112 cm³/mol. The van der Waals surface area contributed by atoms with Gasteiger partial charge in [-0.05, 0) is 24.3 Å². The van der Waals surface area contributed by atoms with Crippen LogP contribution in [0, 0.1) is 0 Å². The van der Waals surface area contributed by atoms with E-state index in [-0.39, 0.29) is 12.5 Å². The molecule has 9 heteroatoms.